The zero-order valence-electron chi connectivity index (χ0n) is 15.6. The molecule has 3 aromatic rings. The van der Waals surface area contributed by atoms with Crippen LogP contribution in [0.3, 0.4) is 0 Å². The van der Waals surface area contributed by atoms with Crippen molar-refractivity contribution in [3.63, 3.8) is 0 Å². The second kappa shape index (κ2) is 8.10. The minimum atomic E-state index is -3.28. The Morgan fingerprint density at radius 3 is 2.32 bits per heavy atom. The van der Waals surface area contributed by atoms with Crippen LogP contribution in [0.2, 0.25) is 0 Å². The first-order chi connectivity index (χ1) is 13.2. The molecule has 7 heteroatoms. The van der Waals surface area contributed by atoms with Gasteiger partial charge in [0.1, 0.15) is 0 Å². The number of rotatable bonds is 5. The maximum absolute atomic E-state index is 11.7. The molecule has 1 heterocycles. The number of nitrogens with zero attached hydrogens (tertiary/aromatic N) is 1. The number of sulfone groups is 1. The fourth-order valence-electron chi connectivity index (χ4n) is 2.79. The standard InChI is InChI=1S/C21H20BNO4S/c1-15-6-11-21(23-14-15)20(13-16-4-3-5-18(12-16)22(24)25)17-7-9-19(10-8-17)28(2,26)27/h3-14,24-25H,1-2H3/b20-13+. The Balaban J connectivity index is 2.13. The third-order valence-electron chi connectivity index (χ3n) is 4.30. The van der Waals surface area contributed by atoms with Gasteiger partial charge in [-0.3, -0.25) is 4.98 Å². The highest BCUT2D eigenvalue weighted by Gasteiger charge is 2.13. The van der Waals surface area contributed by atoms with Gasteiger partial charge in [-0.2, -0.15) is 0 Å². The van der Waals surface area contributed by atoms with Crippen molar-refractivity contribution in [2.45, 2.75) is 11.8 Å². The zero-order valence-corrected chi connectivity index (χ0v) is 16.4. The number of benzene rings is 2. The van der Waals surface area contributed by atoms with Crippen LogP contribution in [0.1, 0.15) is 22.4 Å². The van der Waals surface area contributed by atoms with E-state index >= 15 is 0 Å². The Bertz CT molecular complexity index is 1110. The lowest BCUT2D eigenvalue weighted by Crippen LogP contribution is -2.29. The molecule has 5 nitrogen and oxygen atoms in total. The predicted molar refractivity (Wildman–Crippen MR) is 112 cm³/mol. The van der Waals surface area contributed by atoms with E-state index in [0.717, 1.165) is 28.0 Å². The number of hydrogen-bond acceptors (Lipinski definition) is 5. The van der Waals surface area contributed by atoms with Crippen LogP contribution in [0, 0.1) is 6.92 Å². The lowest BCUT2D eigenvalue weighted by molar-refractivity contribution is 0.426. The Labute approximate surface area is 165 Å². The highest BCUT2D eigenvalue weighted by Crippen LogP contribution is 2.26. The van der Waals surface area contributed by atoms with Gasteiger partial charge >= 0.3 is 7.12 Å². The van der Waals surface area contributed by atoms with Crippen LogP contribution in [0.25, 0.3) is 11.6 Å². The Morgan fingerprint density at radius 1 is 1.04 bits per heavy atom. The number of hydrogen-bond donors (Lipinski definition) is 2. The SMILES string of the molecule is Cc1ccc(/C(=C/c2cccc(B(O)O)c2)c2ccc(S(C)(=O)=O)cc2)nc1. The van der Waals surface area contributed by atoms with Crippen molar-refractivity contribution in [1.29, 1.82) is 0 Å². The van der Waals surface area contributed by atoms with E-state index in [0.29, 0.717) is 5.46 Å². The molecular weight excluding hydrogens is 373 g/mol. The minimum absolute atomic E-state index is 0.248. The first-order valence-electron chi connectivity index (χ1n) is 8.65. The molecule has 0 aliphatic heterocycles. The van der Waals surface area contributed by atoms with E-state index in [-0.39, 0.29) is 4.90 Å². The van der Waals surface area contributed by atoms with E-state index in [9.17, 15) is 18.5 Å². The number of aromatic nitrogens is 1. The molecule has 0 fully saturated rings. The number of pyridine rings is 1. The van der Waals surface area contributed by atoms with E-state index in [1.807, 2.05) is 31.2 Å². The highest BCUT2D eigenvalue weighted by atomic mass is 32.2. The van der Waals surface area contributed by atoms with Gasteiger partial charge in [0.15, 0.2) is 9.84 Å². The molecule has 0 saturated heterocycles. The first-order valence-corrected chi connectivity index (χ1v) is 10.5. The van der Waals surface area contributed by atoms with Crippen molar-refractivity contribution in [2.24, 2.45) is 0 Å². The van der Waals surface area contributed by atoms with Crippen LogP contribution in [0.5, 0.6) is 0 Å². The molecule has 0 aliphatic rings. The second-order valence-electron chi connectivity index (χ2n) is 6.62. The molecular formula is C21H20BNO4S. The molecule has 2 N–H and O–H groups in total. The average molecular weight is 393 g/mol. The third kappa shape index (κ3) is 4.75. The van der Waals surface area contributed by atoms with Crippen LogP contribution in [0.15, 0.2) is 71.8 Å². The molecule has 0 aliphatic carbocycles. The Morgan fingerprint density at radius 2 is 1.75 bits per heavy atom. The van der Waals surface area contributed by atoms with Crippen LogP contribution < -0.4 is 5.46 Å². The molecule has 0 atom stereocenters. The summed E-state index contributed by atoms with van der Waals surface area (Å²) in [5.41, 5.74) is 4.52. The lowest BCUT2D eigenvalue weighted by atomic mass is 9.79. The lowest BCUT2D eigenvalue weighted by Gasteiger charge is -2.10. The molecule has 142 valence electrons. The molecule has 0 radical (unpaired) electrons. The first kappa shape index (κ1) is 20.0. The van der Waals surface area contributed by atoms with Gasteiger partial charge in [-0.05, 0) is 53.4 Å². The van der Waals surface area contributed by atoms with Crippen molar-refractivity contribution in [3.05, 3.63) is 89.2 Å². The van der Waals surface area contributed by atoms with E-state index in [2.05, 4.69) is 4.98 Å². The normalized spacial score (nSPS) is 12.1. The molecule has 0 unspecified atom stereocenters. The summed E-state index contributed by atoms with van der Waals surface area (Å²) in [4.78, 5) is 4.74. The summed E-state index contributed by atoms with van der Waals surface area (Å²) in [6, 6.07) is 17.4. The maximum atomic E-state index is 11.7. The van der Waals surface area contributed by atoms with E-state index in [4.69, 9.17) is 0 Å². The van der Waals surface area contributed by atoms with Gasteiger partial charge in [0.2, 0.25) is 0 Å². The van der Waals surface area contributed by atoms with Gasteiger partial charge in [0, 0.05) is 18.0 Å². The summed E-state index contributed by atoms with van der Waals surface area (Å²) >= 11 is 0. The summed E-state index contributed by atoms with van der Waals surface area (Å²) in [7, 11) is -4.83. The summed E-state index contributed by atoms with van der Waals surface area (Å²) in [5.74, 6) is 0. The van der Waals surface area contributed by atoms with Gasteiger partial charge in [-0.15, -0.1) is 0 Å². The molecule has 0 amide bonds. The quantitative estimate of drug-likeness (QED) is 0.512. The van der Waals surface area contributed by atoms with Gasteiger partial charge in [0.25, 0.3) is 0 Å². The van der Waals surface area contributed by atoms with Gasteiger partial charge in [-0.1, -0.05) is 42.5 Å². The third-order valence-corrected chi connectivity index (χ3v) is 5.43. The smallest absolute Gasteiger partial charge is 0.423 e. The zero-order chi connectivity index (χ0) is 20.3. The summed E-state index contributed by atoms with van der Waals surface area (Å²) in [5, 5.41) is 18.8. The summed E-state index contributed by atoms with van der Waals surface area (Å²) < 4.78 is 23.5. The monoisotopic (exact) mass is 393 g/mol. The van der Waals surface area contributed by atoms with Crippen LogP contribution in [-0.4, -0.2) is 36.8 Å². The van der Waals surface area contributed by atoms with Gasteiger partial charge < -0.3 is 10.0 Å². The molecule has 0 spiro atoms. The van der Waals surface area contributed by atoms with Gasteiger partial charge in [-0.25, -0.2) is 8.42 Å². The summed E-state index contributed by atoms with van der Waals surface area (Å²) in [6.45, 7) is 1.95. The van der Waals surface area contributed by atoms with Crippen LogP contribution >= 0.6 is 0 Å². The summed E-state index contributed by atoms with van der Waals surface area (Å²) in [6.07, 6.45) is 4.83. The Hall–Kier alpha value is -2.74. The molecule has 2 aromatic carbocycles. The molecule has 0 saturated carbocycles. The van der Waals surface area contributed by atoms with E-state index in [1.54, 1.807) is 48.7 Å². The van der Waals surface area contributed by atoms with Crippen LogP contribution in [-0.2, 0) is 9.84 Å². The van der Waals surface area contributed by atoms with E-state index in [1.165, 1.54) is 6.26 Å². The predicted octanol–water partition coefficient (Wildman–Crippen LogP) is 2.06. The van der Waals surface area contributed by atoms with Crippen molar-refractivity contribution in [3.8, 4) is 0 Å². The highest BCUT2D eigenvalue weighted by molar-refractivity contribution is 7.90. The maximum Gasteiger partial charge on any atom is 0.488 e. The fourth-order valence-corrected chi connectivity index (χ4v) is 3.42. The van der Waals surface area contributed by atoms with E-state index < -0.39 is 17.0 Å². The molecule has 0 bridgehead atoms. The van der Waals surface area contributed by atoms with Gasteiger partial charge in [0.05, 0.1) is 10.6 Å². The van der Waals surface area contributed by atoms with Crippen molar-refractivity contribution >= 4 is 34.1 Å². The molecule has 3 rings (SSSR count). The average Bonchev–Trinajstić information content (AvgIpc) is 2.66. The van der Waals surface area contributed by atoms with Crippen molar-refractivity contribution in [2.75, 3.05) is 6.26 Å². The van der Waals surface area contributed by atoms with Crippen molar-refractivity contribution in [1.82, 2.24) is 4.98 Å². The fraction of sp³-hybridized carbons (Fsp3) is 0.0952. The largest absolute Gasteiger partial charge is 0.488 e. The Kier molecular flexibility index (Phi) is 5.79. The van der Waals surface area contributed by atoms with Crippen molar-refractivity contribution < 1.29 is 18.5 Å². The topological polar surface area (TPSA) is 87.5 Å². The van der Waals surface area contributed by atoms with Crippen LogP contribution in [0.4, 0.5) is 0 Å². The number of aryl methyl sites for hydroxylation is 1. The minimum Gasteiger partial charge on any atom is -0.423 e. The molecule has 1 aromatic heterocycles. The molecule has 28 heavy (non-hydrogen) atoms. The second-order valence-corrected chi connectivity index (χ2v) is 8.63.